The topological polar surface area (TPSA) is 116 Å². The number of benzene rings is 1. The van der Waals surface area contributed by atoms with Crippen molar-refractivity contribution in [3.05, 3.63) is 57.3 Å². The van der Waals surface area contributed by atoms with E-state index in [9.17, 15) is 19.7 Å². The smallest absolute Gasteiger partial charge is 0.312 e. The first kappa shape index (κ1) is 17.5. The van der Waals surface area contributed by atoms with Crippen LogP contribution in [0.4, 0.5) is 11.4 Å². The zero-order valence-corrected chi connectivity index (χ0v) is 14.5. The minimum absolute atomic E-state index is 0.0518. The Morgan fingerprint density at radius 1 is 1.42 bits per heavy atom. The molecule has 2 heterocycles. The normalized spacial score (nSPS) is 10.7. The van der Waals surface area contributed by atoms with Gasteiger partial charge in [0, 0.05) is 23.8 Å². The van der Waals surface area contributed by atoms with Gasteiger partial charge in [0.25, 0.3) is 11.6 Å². The van der Waals surface area contributed by atoms with Gasteiger partial charge in [0.2, 0.25) is 0 Å². The Bertz CT molecular complexity index is 965. The first-order valence-electron chi connectivity index (χ1n) is 7.54. The third kappa shape index (κ3) is 4.03. The van der Waals surface area contributed by atoms with Crippen LogP contribution in [-0.4, -0.2) is 32.8 Å². The van der Waals surface area contributed by atoms with Gasteiger partial charge in [0.15, 0.2) is 11.6 Å². The van der Waals surface area contributed by atoms with Crippen molar-refractivity contribution in [3.8, 4) is 0 Å². The van der Waals surface area contributed by atoms with E-state index < -0.39 is 23.4 Å². The second kappa shape index (κ2) is 7.31. The highest BCUT2D eigenvalue weighted by molar-refractivity contribution is 7.15. The van der Waals surface area contributed by atoms with Gasteiger partial charge < -0.3 is 10.1 Å². The first-order valence-corrected chi connectivity index (χ1v) is 8.42. The summed E-state index contributed by atoms with van der Waals surface area (Å²) in [6.45, 7) is 1.17. The van der Waals surface area contributed by atoms with E-state index in [0.717, 1.165) is 4.96 Å². The van der Waals surface area contributed by atoms with Crippen LogP contribution in [0.25, 0.3) is 4.96 Å². The number of nitrogens with one attached hydrogen (secondary N) is 1. The van der Waals surface area contributed by atoms with Crippen molar-refractivity contribution < 1.29 is 19.2 Å². The van der Waals surface area contributed by atoms with Crippen LogP contribution < -0.4 is 5.32 Å². The Balaban J connectivity index is 1.54. The molecule has 0 bridgehead atoms. The van der Waals surface area contributed by atoms with Crippen molar-refractivity contribution in [2.75, 3.05) is 11.9 Å². The molecule has 3 rings (SSSR count). The minimum atomic E-state index is -0.656. The van der Waals surface area contributed by atoms with Crippen molar-refractivity contribution in [2.45, 2.75) is 13.3 Å². The number of rotatable bonds is 6. The fourth-order valence-electron chi connectivity index (χ4n) is 2.29. The van der Waals surface area contributed by atoms with Crippen LogP contribution in [0.2, 0.25) is 0 Å². The van der Waals surface area contributed by atoms with Gasteiger partial charge in [-0.25, -0.2) is 4.98 Å². The van der Waals surface area contributed by atoms with E-state index in [-0.39, 0.29) is 17.8 Å². The fraction of sp³-hybridized carbons (Fsp3) is 0.188. The van der Waals surface area contributed by atoms with E-state index in [1.165, 1.54) is 23.5 Å². The molecule has 26 heavy (non-hydrogen) atoms. The molecule has 0 fully saturated rings. The van der Waals surface area contributed by atoms with Crippen LogP contribution >= 0.6 is 11.3 Å². The number of imidazole rings is 1. The highest BCUT2D eigenvalue weighted by atomic mass is 32.1. The zero-order chi connectivity index (χ0) is 18.7. The lowest BCUT2D eigenvalue weighted by molar-refractivity contribution is -0.384. The van der Waals surface area contributed by atoms with Crippen LogP contribution in [0.5, 0.6) is 0 Å². The van der Waals surface area contributed by atoms with Gasteiger partial charge in [-0.1, -0.05) is 6.07 Å². The molecule has 3 aromatic rings. The lowest BCUT2D eigenvalue weighted by atomic mass is 10.2. The maximum Gasteiger partial charge on any atom is 0.312 e. The molecule has 10 heteroatoms. The van der Waals surface area contributed by atoms with Gasteiger partial charge in [-0.05, 0) is 18.6 Å². The van der Waals surface area contributed by atoms with Crippen LogP contribution in [-0.2, 0) is 20.7 Å². The van der Waals surface area contributed by atoms with Crippen LogP contribution in [0, 0.1) is 17.0 Å². The summed E-state index contributed by atoms with van der Waals surface area (Å²) in [7, 11) is 0. The Kier molecular flexibility index (Phi) is 4.94. The van der Waals surface area contributed by atoms with Gasteiger partial charge >= 0.3 is 5.97 Å². The number of fused-ring (bicyclic) bond motifs is 1. The van der Waals surface area contributed by atoms with E-state index in [1.54, 1.807) is 23.6 Å². The molecule has 1 amide bonds. The number of anilines is 1. The number of thiazole rings is 1. The number of nitro benzene ring substituents is 1. The number of aromatic nitrogens is 2. The summed E-state index contributed by atoms with van der Waals surface area (Å²) in [6, 6.07) is 4.43. The summed E-state index contributed by atoms with van der Waals surface area (Å²) in [6.07, 6.45) is 3.47. The lowest BCUT2D eigenvalue weighted by Gasteiger charge is -2.07. The van der Waals surface area contributed by atoms with Gasteiger partial charge in [0.05, 0.1) is 17.0 Å². The molecule has 2 aromatic heterocycles. The van der Waals surface area contributed by atoms with Gasteiger partial charge in [-0.2, -0.15) is 0 Å². The molecule has 0 aliphatic heterocycles. The minimum Gasteiger partial charge on any atom is -0.455 e. The summed E-state index contributed by atoms with van der Waals surface area (Å²) in [5.74, 6) is -1.26. The van der Waals surface area contributed by atoms with Crippen molar-refractivity contribution in [1.29, 1.82) is 0 Å². The molecule has 0 aliphatic rings. The Hall–Kier alpha value is -3.27. The molecule has 0 radical (unpaired) electrons. The van der Waals surface area contributed by atoms with E-state index in [0.29, 0.717) is 11.3 Å². The number of nitrogens with zero attached hydrogens (tertiary/aromatic N) is 3. The second-order valence-electron chi connectivity index (χ2n) is 5.49. The van der Waals surface area contributed by atoms with E-state index >= 15 is 0 Å². The lowest BCUT2D eigenvalue weighted by Crippen LogP contribution is -2.22. The first-order chi connectivity index (χ1) is 12.4. The number of carbonyl (C=O) groups is 2. The predicted octanol–water partition coefficient (Wildman–Crippen LogP) is 2.34. The van der Waals surface area contributed by atoms with Gasteiger partial charge in [-0.3, -0.25) is 24.1 Å². The van der Waals surface area contributed by atoms with Gasteiger partial charge in [0.1, 0.15) is 5.69 Å². The van der Waals surface area contributed by atoms with E-state index in [2.05, 4.69) is 10.3 Å². The summed E-state index contributed by atoms with van der Waals surface area (Å²) in [5, 5.41) is 15.3. The van der Waals surface area contributed by atoms with Crippen molar-refractivity contribution in [2.24, 2.45) is 0 Å². The number of carbonyl (C=O) groups excluding carboxylic acids is 2. The second-order valence-corrected chi connectivity index (χ2v) is 6.36. The summed E-state index contributed by atoms with van der Waals surface area (Å²) < 4.78 is 6.70. The molecule has 1 N–H and O–H groups in total. The maximum atomic E-state index is 11.9. The SMILES string of the molecule is Cc1ccc(NC(=O)COC(=O)Cc2cn3ccsc3n2)c([N+](=O)[O-])c1. The molecule has 9 nitrogen and oxygen atoms in total. The van der Waals surface area contributed by atoms with Crippen molar-refractivity contribution in [1.82, 2.24) is 9.38 Å². The molecule has 0 saturated carbocycles. The van der Waals surface area contributed by atoms with E-state index in [1.807, 2.05) is 11.6 Å². The predicted molar refractivity (Wildman–Crippen MR) is 94.2 cm³/mol. The fourth-order valence-corrected chi connectivity index (χ4v) is 3.01. The third-order valence-corrected chi connectivity index (χ3v) is 4.23. The van der Waals surface area contributed by atoms with E-state index in [4.69, 9.17) is 4.74 Å². The highest BCUT2D eigenvalue weighted by Crippen LogP contribution is 2.25. The Labute approximate surface area is 151 Å². The molecule has 1 aromatic carbocycles. The number of amides is 1. The number of ether oxygens (including phenoxy) is 1. The molecule has 0 saturated heterocycles. The molecule has 0 aliphatic carbocycles. The molecule has 0 atom stereocenters. The molecule has 134 valence electrons. The molecular formula is C16H14N4O5S. The zero-order valence-electron chi connectivity index (χ0n) is 13.7. The quantitative estimate of drug-likeness (QED) is 0.402. The van der Waals surface area contributed by atoms with Crippen molar-refractivity contribution >= 4 is 39.5 Å². The number of hydrogen-bond donors (Lipinski definition) is 1. The standard InChI is InChI=1S/C16H14N4O5S/c1-10-2-3-12(13(6-10)20(23)24)18-14(21)9-25-15(22)7-11-8-19-4-5-26-16(19)17-11/h2-6,8H,7,9H2,1H3,(H,18,21). The third-order valence-electron chi connectivity index (χ3n) is 3.46. The Morgan fingerprint density at radius 2 is 2.23 bits per heavy atom. The summed E-state index contributed by atoms with van der Waals surface area (Å²) in [5.41, 5.74) is 1.07. The number of hydrogen-bond acceptors (Lipinski definition) is 7. The van der Waals surface area contributed by atoms with Gasteiger partial charge in [-0.15, -0.1) is 11.3 Å². The summed E-state index contributed by atoms with van der Waals surface area (Å²) >= 11 is 1.44. The number of nitro groups is 1. The average molecular weight is 374 g/mol. The Morgan fingerprint density at radius 3 is 2.96 bits per heavy atom. The maximum absolute atomic E-state index is 11.9. The highest BCUT2D eigenvalue weighted by Gasteiger charge is 2.17. The monoisotopic (exact) mass is 374 g/mol. The van der Waals surface area contributed by atoms with Crippen LogP contribution in [0.1, 0.15) is 11.3 Å². The van der Waals surface area contributed by atoms with Crippen LogP contribution in [0.3, 0.4) is 0 Å². The molecule has 0 unspecified atom stereocenters. The van der Waals surface area contributed by atoms with Crippen molar-refractivity contribution in [3.63, 3.8) is 0 Å². The van der Waals surface area contributed by atoms with Crippen LogP contribution in [0.15, 0.2) is 36.0 Å². The largest absolute Gasteiger partial charge is 0.455 e. The molecule has 0 spiro atoms. The average Bonchev–Trinajstić information content (AvgIpc) is 3.16. The summed E-state index contributed by atoms with van der Waals surface area (Å²) in [4.78, 5) is 39.2. The number of esters is 1. The molecular weight excluding hydrogens is 360 g/mol. The number of aryl methyl sites for hydroxylation is 1.